The molecule has 0 heterocycles. The van der Waals surface area contributed by atoms with Crippen molar-refractivity contribution in [3.05, 3.63) is 59.4 Å². The number of rotatable bonds is 3. The first kappa shape index (κ1) is 13.1. The van der Waals surface area contributed by atoms with Gasteiger partial charge in [0.15, 0.2) is 0 Å². The van der Waals surface area contributed by atoms with E-state index in [1.165, 1.54) is 19.2 Å². The van der Waals surface area contributed by atoms with Gasteiger partial charge in [-0.2, -0.15) is 0 Å². The third-order valence-electron chi connectivity index (χ3n) is 2.70. The summed E-state index contributed by atoms with van der Waals surface area (Å²) < 4.78 is 17.6. The van der Waals surface area contributed by atoms with Crippen LogP contribution in [-0.4, -0.2) is 13.1 Å². The first-order chi connectivity index (χ1) is 9.10. The molecule has 2 rings (SSSR count). The third kappa shape index (κ3) is 3.10. The Balaban J connectivity index is 2.35. The number of anilines is 2. The molecular weight excluding hydrogens is 245 g/mol. The monoisotopic (exact) mass is 259 g/mol. The predicted octanol–water partition coefficient (Wildman–Crippen LogP) is 3.66. The minimum Gasteiger partial charge on any atom is -0.465 e. The summed E-state index contributed by atoms with van der Waals surface area (Å²) in [7, 11) is 1.34. The summed E-state index contributed by atoms with van der Waals surface area (Å²) in [6.45, 7) is 1.93. The molecule has 0 amide bonds. The topological polar surface area (TPSA) is 38.3 Å². The van der Waals surface area contributed by atoms with Gasteiger partial charge in [-0.3, -0.25) is 0 Å². The Labute approximate surface area is 111 Å². The van der Waals surface area contributed by atoms with E-state index >= 15 is 0 Å². The first-order valence-electron chi connectivity index (χ1n) is 5.81. The number of carbonyl (C=O) groups is 1. The van der Waals surface area contributed by atoms with Crippen LogP contribution >= 0.6 is 0 Å². The van der Waals surface area contributed by atoms with Gasteiger partial charge in [0, 0.05) is 5.69 Å². The fourth-order valence-electron chi connectivity index (χ4n) is 1.74. The van der Waals surface area contributed by atoms with Gasteiger partial charge in [0.1, 0.15) is 5.82 Å². The zero-order valence-electron chi connectivity index (χ0n) is 10.7. The maximum Gasteiger partial charge on any atom is 0.339 e. The molecule has 0 aliphatic heterocycles. The van der Waals surface area contributed by atoms with Crippen LogP contribution < -0.4 is 5.32 Å². The van der Waals surface area contributed by atoms with E-state index in [1.807, 2.05) is 19.1 Å². The zero-order chi connectivity index (χ0) is 13.8. The molecule has 3 nitrogen and oxygen atoms in total. The van der Waals surface area contributed by atoms with E-state index in [4.69, 9.17) is 4.74 Å². The molecule has 0 unspecified atom stereocenters. The van der Waals surface area contributed by atoms with E-state index < -0.39 is 5.97 Å². The van der Waals surface area contributed by atoms with Crippen LogP contribution in [0.25, 0.3) is 0 Å². The Morgan fingerprint density at radius 3 is 2.47 bits per heavy atom. The molecule has 0 aliphatic rings. The van der Waals surface area contributed by atoms with Gasteiger partial charge in [-0.1, -0.05) is 6.07 Å². The fourth-order valence-corrected chi connectivity index (χ4v) is 1.74. The molecule has 0 bridgehead atoms. The molecule has 0 saturated heterocycles. The average molecular weight is 259 g/mol. The number of halogens is 1. The van der Waals surface area contributed by atoms with Gasteiger partial charge < -0.3 is 10.1 Å². The van der Waals surface area contributed by atoms with Crippen LogP contribution in [0.4, 0.5) is 15.8 Å². The smallest absolute Gasteiger partial charge is 0.339 e. The van der Waals surface area contributed by atoms with Crippen LogP contribution in [0.5, 0.6) is 0 Å². The normalized spacial score (nSPS) is 10.1. The second-order valence-corrected chi connectivity index (χ2v) is 4.17. The molecule has 2 aromatic rings. The Morgan fingerprint density at radius 2 is 1.84 bits per heavy atom. The molecule has 0 saturated carbocycles. The highest BCUT2D eigenvalue weighted by Gasteiger charge is 2.11. The van der Waals surface area contributed by atoms with Crippen LogP contribution in [0.15, 0.2) is 42.5 Å². The lowest BCUT2D eigenvalue weighted by Gasteiger charge is -2.11. The molecule has 1 N–H and O–H groups in total. The van der Waals surface area contributed by atoms with E-state index in [0.717, 1.165) is 5.56 Å². The SMILES string of the molecule is COC(=O)c1ccc(C)cc1Nc1ccc(F)cc1. The molecule has 2 aromatic carbocycles. The van der Waals surface area contributed by atoms with Crippen LogP contribution in [0.3, 0.4) is 0 Å². The number of ether oxygens (including phenoxy) is 1. The lowest BCUT2D eigenvalue weighted by atomic mass is 10.1. The molecule has 19 heavy (non-hydrogen) atoms. The molecule has 0 fully saturated rings. The van der Waals surface area contributed by atoms with Crippen molar-refractivity contribution in [3.63, 3.8) is 0 Å². The summed E-state index contributed by atoms with van der Waals surface area (Å²) in [5, 5.41) is 3.09. The van der Waals surface area contributed by atoms with Crippen molar-refractivity contribution in [2.75, 3.05) is 12.4 Å². The summed E-state index contributed by atoms with van der Waals surface area (Å²) >= 11 is 0. The summed E-state index contributed by atoms with van der Waals surface area (Å²) in [6.07, 6.45) is 0. The number of hydrogen-bond acceptors (Lipinski definition) is 3. The molecule has 0 spiro atoms. The number of aryl methyl sites for hydroxylation is 1. The second-order valence-electron chi connectivity index (χ2n) is 4.17. The van der Waals surface area contributed by atoms with Gasteiger partial charge in [0.2, 0.25) is 0 Å². The van der Waals surface area contributed by atoms with Gasteiger partial charge in [0.25, 0.3) is 0 Å². The van der Waals surface area contributed by atoms with Crippen molar-refractivity contribution < 1.29 is 13.9 Å². The van der Waals surface area contributed by atoms with E-state index in [-0.39, 0.29) is 5.82 Å². The van der Waals surface area contributed by atoms with Crippen LogP contribution in [0, 0.1) is 12.7 Å². The lowest BCUT2D eigenvalue weighted by Crippen LogP contribution is -2.06. The van der Waals surface area contributed by atoms with Gasteiger partial charge in [-0.25, -0.2) is 9.18 Å². The molecule has 0 atom stereocenters. The average Bonchev–Trinajstić information content (AvgIpc) is 2.41. The highest BCUT2D eigenvalue weighted by atomic mass is 19.1. The maximum atomic E-state index is 12.8. The highest BCUT2D eigenvalue weighted by Crippen LogP contribution is 2.23. The van der Waals surface area contributed by atoms with Crippen molar-refractivity contribution in [1.82, 2.24) is 0 Å². The summed E-state index contributed by atoms with van der Waals surface area (Å²) in [5.74, 6) is -0.715. The first-order valence-corrected chi connectivity index (χ1v) is 5.81. The lowest BCUT2D eigenvalue weighted by molar-refractivity contribution is 0.0602. The molecular formula is C15H14FNO2. The van der Waals surface area contributed by atoms with E-state index in [0.29, 0.717) is 16.9 Å². The molecule has 98 valence electrons. The fraction of sp³-hybridized carbons (Fsp3) is 0.133. The standard InChI is InChI=1S/C15H14FNO2/c1-10-3-8-13(15(18)19-2)14(9-10)17-12-6-4-11(16)5-7-12/h3-9,17H,1-2H3. The van der Waals surface area contributed by atoms with E-state index in [2.05, 4.69) is 5.32 Å². The summed E-state index contributed by atoms with van der Waals surface area (Å²) in [6, 6.07) is 11.3. The second kappa shape index (κ2) is 5.52. The number of esters is 1. The quantitative estimate of drug-likeness (QED) is 0.855. The summed E-state index contributed by atoms with van der Waals surface area (Å²) in [4.78, 5) is 11.7. The number of nitrogens with one attached hydrogen (secondary N) is 1. The van der Waals surface area contributed by atoms with Crippen LogP contribution in [0.1, 0.15) is 15.9 Å². The highest BCUT2D eigenvalue weighted by molar-refractivity contribution is 5.96. The van der Waals surface area contributed by atoms with Crippen molar-refractivity contribution in [2.45, 2.75) is 6.92 Å². The Morgan fingerprint density at radius 1 is 1.16 bits per heavy atom. The van der Waals surface area contributed by atoms with Gasteiger partial charge >= 0.3 is 5.97 Å². The predicted molar refractivity (Wildman–Crippen MR) is 72.2 cm³/mol. The molecule has 0 aliphatic carbocycles. The zero-order valence-corrected chi connectivity index (χ0v) is 10.7. The van der Waals surface area contributed by atoms with Gasteiger partial charge in [-0.15, -0.1) is 0 Å². The minimum absolute atomic E-state index is 0.303. The Kier molecular flexibility index (Phi) is 3.80. The number of methoxy groups -OCH3 is 1. The van der Waals surface area contributed by atoms with Crippen molar-refractivity contribution >= 4 is 17.3 Å². The van der Waals surface area contributed by atoms with E-state index in [9.17, 15) is 9.18 Å². The summed E-state index contributed by atoms with van der Waals surface area (Å²) in [5.41, 5.74) is 2.80. The number of carbonyl (C=O) groups excluding carboxylic acids is 1. The largest absolute Gasteiger partial charge is 0.465 e. The van der Waals surface area contributed by atoms with E-state index in [1.54, 1.807) is 18.2 Å². The number of hydrogen-bond donors (Lipinski definition) is 1. The van der Waals surface area contributed by atoms with Gasteiger partial charge in [0.05, 0.1) is 18.4 Å². The van der Waals surface area contributed by atoms with Gasteiger partial charge in [-0.05, 0) is 48.9 Å². The van der Waals surface area contributed by atoms with Crippen LogP contribution in [0.2, 0.25) is 0 Å². The number of benzene rings is 2. The van der Waals surface area contributed by atoms with Crippen molar-refractivity contribution in [2.24, 2.45) is 0 Å². The van der Waals surface area contributed by atoms with Crippen molar-refractivity contribution in [3.8, 4) is 0 Å². The molecule has 4 heteroatoms. The Hall–Kier alpha value is -2.36. The minimum atomic E-state index is -0.412. The molecule has 0 aromatic heterocycles. The third-order valence-corrected chi connectivity index (χ3v) is 2.70. The maximum absolute atomic E-state index is 12.8. The van der Waals surface area contributed by atoms with Crippen molar-refractivity contribution in [1.29, 1.82) is 0 Å². The van der Waals surface area contributed by atoms with Crippen LogP contribution in [-0.2, 0) is 4.74 Å². The Bertz CT molecular complexity index is 594. The molecule has 0 radical (unpaired) electrons.